The monoisotopic (exact) mass is 302 g/mol. The Morgan fingerprint density at radius 1 is 1.32 bits per heavy atom. The number of carbonyl (C=O) groups is 1. The van der Waals surface area contributed by atoms with Gasteiger partial charge in [0.25, 0.3) is 5.91 Å². The molecule has 1 heterocycles. The van der Waals surface area contributed by atoms with Gasteiger partial charge >= 0.3 is 0 Å². The van der Waals surface area contributed by atoms with E-state index < -0.39 is 5.91 Å². The van der Waals surface area contributed by atoms with E-state index in [2.05, 4.69) is 10.3 Å². The number of nitrogens with zero attached hydrogens (tertiary/aromatic N) is 2. The van der Waals surface area contributed by atoms with E-state index in [1.54, 1.807) is 24.4 Å². The molecule has 0 saturated carbocycles. The number of nitrogens with two attached hydrogens (primary N) is 1. The maximum absolute atomic E-state index is 13.1. The third-order valence-electron chi connectivity index (χ3n) is 3.45. The molecule has 6 heteroatoms. The Morgan fingerprint density at radius 2 is 2.00 bits per heavy atom. The second-order valence-corrected chi connectivity index (χ2v) is 5.20. The van der Waals surface area contributed by atoms with Gasteiger partial charge in [-0.05, 0) is 37.9 Å². The Bertz CT molecular complexity index is 643. The summed E-state index contributed by atoms with van der Waals surface area (Å²) in [6, 6.07) is 8.11. The van der Waals surface area contributed by atoms with E-state index in [4.69, 9.17) is 5.73 Å². The molecular weight excluding hydrogens is 283 g/mol. The van der Waals surface area contributed by atoms with Gasteiger partial charge in [0.05, 0.1) is 17.3 Å². The number of hydrogen-bond acceptors (Lipinski definition) is 4. The highest BCUT2D eigenvalue weighted by atomic mass is 19.1. The number of aromatic nitrogens is 1. The molecule has 22 heavy (non-hydrogen) atoms. The lowest BCUT2D eigenvalue weighted by molar-refractivity contribution is 0.100. The minimum atomic E-state index is -0.529. The van der Waals surface area contributed by atoms with Crippen LogP contribution in [0.2, 0.25) is 0 Å². The van der Waals surface area contributed by atoms with Crippen LogP contribution in [0, 0.1) is 5.82 Å². The van der Waals surface area contributed by atoms with Crippen LogP contribution in [0.3, 0.4) is 0 Å². The second-order valence-electron chi connectivity index (χ2n) is 5.20. The van der Waals surface area contributed by atoms with Gasteiger partial charge in [-0.2, -0.15) is 0 Å². The van der Waals surface area contributed by atoms with E-state index in [9.17, 15) is 9.18 Å². The molecule has 1 atom stereocenters. The van der Waals surface area contributed by atoms with Gasteiger partial charge in [0.1, 0.15) is 5.82 Å². The first-order valence-corrected chi connectivity index (χ1v) is 6.88. The summed E-state index contributed by atoms with van der Waals surface area (Å²) in [6.07, 6.45) is 3.03. The topological polar surface area (TPSA) is 71.2 Å². The molecule has 0 saturated heterocycles. The molecule has 1 aromatic carbocycles. The van der Waals surface area contributed by atoms with Crippen LogP contribution in [0.1, 0.15) is 22.0 Å². The summed E-state index contributed by atoms with van der Waals surface area (Å²) in [5.41, 5.74) is 7.30. The van der Waals surface area contributed by atoms with Crippen LogP contribution in [0.15, 0.2) is 42.7 Å². The number of amides is 1. The molecule has 1 amide bonds. The molecule has 0 fully saturated rings. The molecule has 116 valence electrons. The van der Waals surface area contributed by atoms with Gasteiger partial charge < -0.3 is 16.0 Å². The van der Waals surface area contributed by atoms with Gasteiger partial charge in [-0.3, -0.25) is 9.78 Å². The molecule has 2 rings (SSSR count). The lowest BCUT2D eigenvalue weighted by atomic mass is 10.1. The number of halogens is 1. The number of anilines is 1. The summed E-state index contributed by atoms with van der Waals surface area (Å²) in [6.45, 7) is 0.545. The van der Waals surface area contributed by atoms with E-state index in [0.29, 0.717) is 17.8 Å². The summed E-state index contributed by atoms with van der Waals surface area (Å²) in [5.74, 6) is -0.793. The highest BCUT2D eigenvalue weighted by molar-refractivity contribution is 5.98. The molecule has 2 aromatic rings. The second kappa shape index (κ2) is 7.00. The predicted molar refractivity (Wildman–Crippen MR) is 84.1 cm³/mol. The lowest BCUT2D eigenvalue weighted by Gasteiger charge is -2.26. The van der Waals surface area contributed by atoms with Crippen molar-refractivity contribution in [1.82, 2.24) is 9.88 Å². The molecule has 0 radical (unpaired) electrons. The number of primary amides is 1. The fourth-order valence-electron chi connectivity index (χ4n) is 2.24. The zero-order valence-electron chi connectivity index (χ0n) is 12.6. The third kappa shape index (κ3) is 3.79. The first kappa shape index (κ1) is 15.9. The molecule has 0 aliphatic heterocycles. The normalized spacial score (nSPS) is 12.2. The summed E-state index contributed by atoms with van der Waals surface area (Å²) < 4.78 is 13.1. The molecule has 0 aliphatic rings. The largest absolute Gasteiger partial charge is 0.382 e. The van der Waals surface area contributed by atoms with Crippen molar-refractivity contribution in [2.45, 2.75) is 6.04 Å². The molecule has 3 N–H and O–H groups in total. The number of nitrogens with one attached hydrogen (secondary N) is 1. The lowest BCUT2D eigenvalue weighted by Crippen LogP contribution is -2.27. The zero-order chi connectivity index (χ0) is 16.1. The highest BCUT2D eigenvalue weighted by Crippen LogP contribution is 2.21. The van der Waals surface area contributed by atoms with Crippen LogP contribution < -0.4 is 11.1 Å². The van der Waals surface area contributed by atoms with E-state index in [-0.39, 0.29) is 11.9 Å². The van der Waals surface area contributed by atoms with Crippen LogP contribution in [0.4, 0.5) is 10.1 Å². The van der Waals surface area contributed by atoms with E-state index >= 15 is 0 Å². The van der Waals surface area contributed by atoms with Crippen LogP contribution in [0.25, 0.3) is 0 Å². The van der Waals surface area contributed by atoms with Gasteiger partial charge in [-0.15, -0.1) is 0 Å². The van der Waals surface area contributed by atoms with Crippen molar-refractivity contribution in [3.8, 4) is 0 Å². The first-order chi connectivity index (χ1) is 10.5. The van der Waals surface area contributed by atoms with Gasteiger partial charge in [-0.1, -0.05) is 12.1 Å². The van der Waals surface area contributed by atoms with E-state index in [1.165, 1.54) is 18.3 Å². The highest BCUT2D eigenvalue weighted by Gasteiger charge is 2.15. The smallest absolute Gasteiger partial charge is 0.252 e. The van der Waals surface area contributed by atoms with Crippen molar-refractivity contribution in [2.75, 3.05) is 26.0 Å². The number of carbonyl (C=O) groups excluding carboxylic acids is 1. The van der Waals surface area contributed by atoms with Gasteiger partial charge in [0.2, 0.25) is 0 Å². The number of pyridine rings is 1. The van der Waals surface area contributed by atoms with Gasteiger partial charge in [0, 0.05) is 18.9 Å². The Morgan fingerprint density at radius 3 is 2.59 bits per heavy atom. The van der Waals surface area contributed by atoms with Crippen LogP contribution in [0.5, 0.6) is 0 Å². The third-order valence-corrected chi connectivity index (χ3v) is 3.45. The Hall–Kier alpha value is -2.47. The van der Waals surface area contributed by atoms with Crippen molar-refractivity contribution in [1.29, 1.82) is 0 Å². The van der Waals surface area contributed by atoms with Gasteiger partial charge in [0.15, 0.2) is 0 Å². The van der Waals surface area contributed by atoms with Gasteiger partial charge in [-0.25, -0.2) is 4.39 Å². The van der Waals surface area contributed by atoms with Crippen LogP contribution in [-0.4, -0.2) is 36.4 Å². The predicted octanol–water partition coefficient (Wildman–Crippen LogP) is 2.03. The minimum Gasteiger partial charge on any atom is -0.382 e. The summed E-state index contributed by atoms with van der Waals surface area (Å²) in [5, 5.41) is 3.21. The molecule has 1 unspecified atom stereocenters. The van der Waals surface area contributed by atoms with E-state index in [0.717, 1.165) is 5.56 Å². The molecule has 0 spiro atoms. The average molecular weight is 302 g/mol. The van der Waals surface area contributed by atoms with Crippen molar-refractivity contribution in [3.63, 3.8) is 0 Å². The van der Waals surface area contributed by atoms with E-state index in [1.807, 2.05) is 19.0 Å². The Balaban J connectivity index is 2.16. The minimum absolute atomic E-state index is 0.0227. The van der Waals surface area contributed by atoms with Crippen molar-refractivity contribution >= 4 is 11.6 Å². The fraction of sp³-hybridized carbons (Fsp3) is 0.250. The first-order valence-electron chi connectivity index (χ1n) is 6.88. The number of benzene rings is 1. The summed E-state index contributed by atoms with van der Waals surface area (Å²) >= 11 is 0. The summed E-state index contributed by atoms with van der Waals surface area (Å²) in [4.78, 5) is 17.3. The van der Waals surface area contributed by atoms with Crippen molar-refractivity contribution in [3.05, 3.63) is 59.7 Å². The maximum atomic E-state index is 13.1. The number of hydrogen-bond donors (Lipinski definition) is 2. The zero-order valence-corrected chi connectivity index (χ0v) is 12.6. The number of likely N-dealkylation sites (N-methyl/N-ethyl adjacent to an activating group) is 1. The molecule has 1 aromatic heterocycles. The SMILES string of the molecule is CN(C)C(CNc1ccncc1C(N)=O)c1ccc(F)cc1. The molecule has 5 nitrogen and oxygen atoms in total. The fourth-order valence-corrected chi connectivity index (χ4v) is 2.24. The average Bonchev–Trinajstić information content (AvgIpc) is 2.49. The number of rotatable bonds is 6. The summed E-state index contributed by atoms with van der Waals surface area (Å²) in [7, 11) is 3.88. The van der Waals surface area contributed by atoms with Crippen LogP contribution >= 0.6 is 0 Å². The van der Waals surface area contributed by atoms with Crippen LogP contribution in [-0.2, 0) is 0 Å². The molecular formula is C16H19FN4O. The maximum Gasteiger partial charge on any atom is 0.252 e. The molecule has 0 bridgehead atoms. The molecule has 0 aliphatic carbocycles. The standard InChI is InChI=1S/C16H19FN4O/c1-21(2)15(11-3-5-12(17)6-4-11)10-20-14-7-8-19-9-13(14)16(18)22/h3-9,15H,10H2,1-2H3,(H2,18,22)(H,19,20). The Labute approximate surface area is 129 Å². The Kier molecular flexibility index (Phi) is 5.06. The quantitative estimate of drug-likeness (QED) is 0.856. The van der Waals surface area contributed by atoms with Crippen molar-refractivity contribution < 1.29 is 9.18 Å². The van der Waals surface area contributed by atoms with Crippen molar-refractivity contribution in [2.24, 2.45) is 5.73 Å².